The lowest BCUT2D eigenvalue weighted by molar-refractivity contribution is 0.103. The first-order valence-corrected chi connectivity index (χ1v) is 4.41. The number of aromatic nitrogens is 1. The van der Waals surface area contributed by atoms with Gasteiger partial charge in [0.15, 0.2) is 5.78 Å². The summed E-state index contributed by atoms with van der Waals surface area (Å²) in [4.78, 5) is 17.5. The minimum absolute atomic E-state index is 0.0202. The predicted octanol–water partition coefficient (Wildman–Crippen LogP) is 1.73. The van der Waals surface area contributed by atoms with Gasteiger partial charge in [-0.1, -0.05) is 0 Å². The van der Waals surface area contributed by atoms with Crippen molar-refractivity contribution in [2.45, 2.75) is 6.92 Å². The summed E-state index contributed by atoms with van der Waals surface area (Å²) >= 11 is 0. The first-order chi connectivity index (χ1) is 6.61. The number of pyridine rings is 1. The summed E-state index contributed by atoms with van der Waals surface area (Å²) in [5, 5.41) is 0. The van der Waals surface area contributed by atoms with Crippen molar-refractivity contribution in [1.82, 2.24) is 9.88 Å². The summed E-state index contributed by atoms with van der Waals surface area (Å²) in [6.45, 7) is 1.80. The van der Waals surface area contributed by atoms with E-state index >= 15 is 0 Å². The van der Waals surface area contributed by atoms with E-state index in [-0.39, 0.29) is 5.78 Å². The SMILES string of the molecule is CC(=CN(C)C)C(=O)c1cccnc1. The van der Waals surface area contributed by atoms with Gasteiger partial charge in [0.2, 0.25) is 0 Å². The number of hydrogen-bond acceptors (Lipinski definition) is 3. The monoisotopic (exact) mass is 190 g/mol. The summed E-state index contributed by atoms with van der Waals surface area (Å²) in [5.41, 5.74) is 1.34. The summed E-state index contributed by atoms with van der Waals surface area (Å²) in [7, 11) is 3.78. The molecule has 3 heteroatoms. The second-order valence-electron chi connectivity index (χ2n) is 3.35. The third kappa shape index (κ3) is 2.69. The van der Waals surface area contributed by atoms with Crippen LogP contribution in [-0.4, -0.2) is 29.8 Å². The smallest absolute Gasteiger partial charge is 0.191 e. The zero-order valence-corrected chi connectivity index (χ0v) is 8.69. The van der Waals surface area contributed by atoms with Gasteiger partial charge in [-0.25, -0.2) is 0 Å². The van der Waals surface area contributed by atoms with E-state index in [9.17, 15) is 4.79 Å². The average Bonchev–Trinajstić information content (AvgIpc) is 2.17. The van der Waals surface area contributed by atoms with Gasteiger partial charge in [-0.2, -0.15) is 0 Å². The molecule has 3 nitrogen and oxygen atoms in total. The number of allylic oxidation sites excluding steroid dienone is 1. The van der Waals surface area contributed by atoms with Gasteiger partial charge in [0, 0.05) is 43.8 Å². The first kappa shape index (κ1) is 10.4. The zero-order valence-electron chi connectivity index (χ0n) is 8.69. The Morgan fingerprint density at radius 1 is 1.50 bits per heavy atom. The van der Waals surface area contributed by atoms with E-state index < -0.39 is 0 Å². The van der Waals surface area contributed by atoms with Crippen LogP contribution in [0, 0.1) is 0 Å². The number of ketones is 1. The van der Waals surface area contributed by atoms with Gasteiger partial charge in [0.25, 0.3) is 0 Å². The topological polar surface area (TPSA) is 33.2 Å². The Morgan fingerprint density at radius 2 is 2.21 bits per heavy atom. The van der Waals surface area contributed by atoms with Gasteiger partial charge in [0.1, 0.15) is 0 Å². The number of nitrogens with zero attached hydrogens (tertiary/aromatic N) is 2. The number of Topliss-reactive ketones (excluding diaryl/α,β-unsaturated/α-hetero) is 1. The second-order valence-corrected chi connectivity index (χ2v) is 3.35. The van der Waals surface area contributed by atoms with Crippen molar-refractivity contribution in [2.24, 2.45) is 0 Å². The van der Waals surface area contributed by atoms with Crippen molar-refractivity contribution in [2.75, 3.05) is 14.1 Å². The van der Waals surface area contributed by atoms with Gasteiger partial charge >= 0.3 is 0 Å². The summed E-state index contributed by atoms with van der Waals surface area (Å²) < 4.78 is 0. The van der Waals surface area contributed by atoms with Crippen LogP contribution in [0.3, 0.4) is 0 Å². The van der Waals surface area contributed by atoms with Gasteiger partial charge in [0.05, 0.1) is 0 Å². The molecule has 1 aromatic rings. The van der Waals surface area contributed by atoms with E-state index in [4.69, 9.17) is 0 Å². The van der Waals surface area contributed by atoms with E-state index in [1.807, 2.05) is 19.0 Å². The molecule has 0 unspecified atom stereocenters. The fraction of sp³-hybridized carbons (Fsp3) is 0.273. The molecule has 74 valence electrons. The Kier molecular flexibility index (Phi) is 3.40. The van der Waals surface area contributed by atoms with E-state index in [2.05, 4.69) is 4.98 Å². The maximum atomic E-state index is 11.7. The van der Waals surface area contributed by atoms with Crippen molar-refractivity contribution in [1.29, 1.82) is 0 Å². The van der Waals surface area contributed by atoms with E-state index in [0.717, 1.165) is 0 Å². The van der Waals surface area contributed by atoms with Crippen molar-refractivity contribution >= 4 is 5.78 Å². The Morgan fingerprint density at radius 3 is 2.71 bits per heavy atom. The van der Waals surface area contributed by atoms with Crippen molar-refractivity contribution in [3.8, 4) is 0 Å². The number of carbonyl (C=O) groups excluding carboxylic acids is 1. The van der Waals surface area contributed by atoms with E-state index in [1.165, 1.54) is 0 Å². The van der Waals surface area contributed by atoms with E-state index in [0.29, 0.717) is 11.1 Å². The van der Waals surface area contributed by atoms with E-state index in [1.54, 1.807) is 37.7 Å². The molecule has 0 fully saturated rings. The van der Waals surface area contributed by atoms with Crippen LogP contribution in [-0.2, 0) is 0 Å². The van der Waals surface area contributed by atoms with Crippen LogP contribution in [0.1, 0.15) is 17.3 Å². The zero-order chi connectivity index (χ0) is 10.6. The molecule has 0 aliphatic heterocycles. The molecule has 0 radical (unpaired) electrons. The summed E-state index contributed by atoms with van der Waals surface area (Å²) in [6, 6.07) is 3.53. The fourth-order valence-electron chi connectivity index (χ4n) is 1.17. The normalized spacial score (nSPS) is 11.2. The van der Waals surface area contributed by atoms with Crippen LogP contribution in [0.15, 0.2) is 36.3 Å². The highest BCUT2D eigenvalue weighted by Gasteiger charge is 2.07. The molecule has 1 rings (SSSR count). The highest BCUT2D eigenvalue weighted by molar-refractivity contribution is 6.07. The highest BCUT2D eigenvalue weighted by atomic mass is 16.1. The van der Waals surface area contributed by atoms with Crippen LogP contribution in [0.25, 0.3) is 0 Å². The molecule has 0 N–H and O–H groups in total. The molecule has 0 aliphatic carbocycles. The maximum Gasteiger partial charge on any atom is 0.191 e. The minimum atomic E-state index is 0.0202. The predicted molar refractivity (Wildman–Crippen MR) is 56.0 cm³/mol. The highest BCUT2D eigenvalue weighted by Crippen LogP contribution is 2.06. The number of rotatable bonds is 3. The maximum absolute atomic E-state index is 11.7. The molecule has 0 atom stereocenters. The molecule has 1 aromatic heterocycles. The molecule has 0 aliphatic rings. The Bertz CT molecular complexity index is 342. The van der Waals surface area contributed by atoms with Gasteiger partial charge in [-0.15, -0.1) is 0 Å². The third-order valence-electron chi connectivity index (χ3n) is 1.73. The lowest BCUT2D eigenvalue weighted by Crippen LogP contribution is -2.07. The summed E-state index contributed by atoms with van der Waals surface area (Å²) in [6.07, 6.45) is 5.03. The first-order valence-electron chi connectivity index (χ1n) is 4.41. The molecule has 0 amide bonds. The van der Waals surface area contributed by atoms with Gasteiger partial charge in [-0.3, -0.25) is 9.78 Å². The van der Waals surface area contributed by atoms with Crippen molar-refractivity contribution in [3.05, 3.63) is 41.9 Å². The Hall–Kier alpha value is -1.64. The standard InChI is InChI=1S/C11H14N2O/c1-9(8-13(2)3)11(14)10-5-4-6-12-7-10/h4-8H,1-3H3. The van der Waals surface area contributed by atoms with Crippen LogP contribution in [0.5, 0.6) is 0 Å². The lowest BCUT2D eigenvalue weighted by Gasteiger charge is -2.07. The molecule has 14 heavy (non-hydrogen) atoms. The van der Waals surface area contributed by atoms with Crippen LogP contribution in [0.2, 0.25) is 0 Å². The molecule has 0 saturated heterocycles. The number of hydrogen-bond donors (Lipinski definition) is 0. The third-order valence-corrected chi connectivity index (χ3v) is 1.73. The molecule has 0 bridgehead atoms. The molecule has 0 saturated carbocycles. The van der Waals surface area contributed by atoms with Crippen molar-refractivity contribution < 1.29 is 4.79 Å². The quantitative estimate of drug-likeness (QED) is 0.537. The lowest BCUT2D eigenvalue weighted by atomic mass is 10.1. The Labute approximate surface area is 84.1 Å². The Balaban J connectivity index is 2.87. The molecular weight excluding hydrogens is 176 g/mol. The molecule has 0 aromatic carbocycles. The second kappa shape index (κ2) is 4.56. The fourth-order valence-corrected chi connectivity index (χ4v) is 1.17. The molecule has 1 heterocycles. The molecule has 0 spiro atoms. The van der Waals surface area contributed by atoms with Gasteiger partial charge in [-0.05, 0) is 19.1 Å². The van der Waals surface area contributed by atoms with Gasteiger partial charge < -0.3 is 4.90 Å². The van der Waals surface area contributed by atoms with Crippen LogP contribution >= 0.6 is 0 Å². The summed E-state index contributed by atoms with van der Waals surface area (Å²) in [5.74, 6) is 0.0202. The minimum Gasteiger partial charge on any atom is -0.383 e. The van der Waals surface area contributed by atoms with Crippen LogP contribution in [0.4, 0.5) is 0 Å². The largest absolute Gasteiger partial charge is 0.383 e. The molecular formula is C11H14N2O. The van der Waals surface area contributed by atoms with Crippen LogP contribution < -0.4 is 0 Å². The van der Waals surface area contributed by atoms with Crippen molar-refractivity contribution in [3.63, 3.8) is 0 Å². The average molecular weight is 190 g/mol. The number of carbonyl (C=O) groups is 1.